The summed E-state index contributed by atoms with van der Waals surface area (Å²) in [7, 11) is 0. The zero-order valence-corrected chi connectivity index (χ0v) is 6.16. The van der Waals surface area contributed by atoms with E-state index in [1.165, 1.54) is 0 Å². The summed E-state index contributed by atoms with van der Waals surface area (Å²) < 4.78 is 72.4. The minimum absolute atomic E-state index is 0.455. The molecule has 5 nitrogen and oxygen atoms in total. The van der Waals surface area contributed by atoms with Gasteiger partial charge in [-0.1, -0.05) is 0 Å². The molecule has 1 aromatic heterocycles. The molecule has 0 aliphatic rings. The summed E-state index contributed by atoms with van der Waals surface area (Å²) in [6, 6.07) is 0. The van der Waals surface area contributed by atoms with E-state index in [1.807, 2.05) is 0 Å². The molecule has 0 saturated heterocycles. The molecule has 0 bridgehead atoms. The van der Waals surface area contributed by atoms with E-state index in [-0.39, 0.29) is 0 Å². The van der Waals surface area contributed by atoms with Crippen molar-refractivity contribution in [1.82, 2.24) is 0 Å². The standard InChI is InChI=1S/C8H11N2O3/c1-5-4-9(11)7(3)6(2)8(5)10(12)13/h4,11H,1-3H3/q+1/i1D3,2D3,3D3,4D. The molecule has 13 heavy (non-hydrogen) atoms. The van der Waals surface area contributed by atoms with Crippen molar-refractivity contribution in [1.29, 1.82) is 0 Å². The first-order valence-corrected chi connectivity index (χ1v) is 2.99. The van der Waals surface area contributed by atoms with Gasteiger partial charge in [-0.05, 0) is 13.7 Å². The number of aromatic nitrogens is 1. The number of nitro groups is 1. The van der Waals surface area contributed by atoms with Crippen LogP contribution in [0.25, 0.3) is 0 Å². The summed E-state index contributed by atoms with van der Waals surface area (Å²) in [6.45, 7) is -10.1. The highest BCUT2D eigenvalue weighted by atomic mass is 16.6. The van der Waals surface area contributed by atoms with Crippen molar-refractivity contribution in [2.75, 3.05) is 0 Å². The van der Waals surface area contributed by atoms with Crippen LogP contribution in [0.4, 0.5) is 5.69 Å². The third kappa shape index (κ3) is 1.44. The Kier molecular flexibility index (Phi) is 0.617. The van der Waals surface area contributed by atoms with E-state index in [2.05, 4.69) is 0 Å². The highest BCUT2D eigenvalue weighted by Gasteiger charge is 2.24. The summed E-state index contributed by atoms with van der Waals surface area (Å²) in [5.41, 5.74) is -5.73. The van der Waals surface area contributed by atoms with E-state index in [9.17, 15) is 15.3 Å². The van der Waals surface area contributed by atoms with Crippen LogP contribution in [0.2, 0.25) is 0 Å². The molecule has 0 aliphatic carbocycles. The van der Waals surface area contributed by atoms with Crippen molar-refractivity contribution in [3.05, 3.63) is 33.1 Å². The fourth-order valence-electron chi connectivity index (χ4n) is 0.740. The van der Waals surface area contributed by atoms with Gasteiger partial charge in [-0.25, -0.2) is 0 Å². The summed E-state index contributed by atoms with van der Waals surface area (Å²) in [4.78, 5) is 9.85. The Balaban J connectivity index is 4.27. The second-order valence-corrected chi connectivity index (χ2v) is 2.13. The Hall–Kier alpha value is -1.65. The Bertz CT molecular complexity index is 660. The average molecular weight is 193 g/mol. The van der Waals surface area contributed by atoms with Gasteiger partial charge < -0.3 is 0 Å². The van der Waals surface area contributed by atoms with Gasteiger partial charge in [0.1, 0.15) is 1.37 Å². The first-order chi connectivity index (χ1) is 10.0. The maximum atomic E-state index is 11.2. The molecule has 0 amide bonds. The molecule has 1 aromatic rings. The van der Waals surface area contributed by atoms with Crippen molar-refractivity contribution in [3.8, 4) is 0 Å². The van der Waals surface area contributed by atoms with E-state index >= 15 is 0 Å². The summed E-state index contributed by atoms with van der Waals surface area (Å²) in [5.74, 6) is 0. The summed E-state index contributed by atoms with van der Waals surface area (Å²) >= 11 is 0. The smallest absolute Gasteiger partial charge is 0.285 e. The molecule has 0 spiro atoms. The minimum atomic E-state index is -3.41. The van der Waals surface area contributed by atoms with Gasteiger partial charge in [-0.2, -0.15) is 0 Å². The normalized spacial score (nSPS) is 24.3. The van der Waals surface area contributed by atoms with Crippen LogP contribution in [0.15, 0.2) is 6.17 Å². The van der Waals surface area contributed by atoms with Crippen LogP contribution in [0.3, 0.4) is 0 Å². The molecule has 5 heteroatoms. The number of nitrogens with zero attached hydrogens (tertiary/aromatic N) is 2. The van der Waals surface area contributed by atoms with Gasteiger partial charge in [0.15, 0.2) is 0 Å². The molecular formula is C8H11N2O3+. The highest BCUT2D eigenvalue weighted by molar-refractivity contribution is 5.44. The number of rotatable bonds is 1. The molecule has 70 valence electrons. The SMILES string of the molecule is [2H]c1c(C([2H])([2H])[2H])c([N+](=O)[O-])c(C([2H])([2H])[2H])c(C([2H])([2H])[2H])[n+]1O. The average Bonchev–Trinajstić information content (AvgIpc) is 2.26. The third-order valence-electron chi connectivity index (χ3n) is 1.32. The largest absolute Gasteiger partial charge is 0.287 e. The molecule has 0 fully saturated rings. The first kappa shape index (κ1) is 2.67. The van der Waals surface area contributed by atoms with Gasteiger partial charge in [0, 0.05) is 23.9 Å². The second kappa shape index (κ2) is 3.01. The van der Waals surface area contributed by atoms with E-state index in [0.717, 1.165) is 0 Å². The lowest BCUT2D eigenvalue weighted by atomic mass is 10.1. The molecule has 0 atom stereocenters. The third-order valence-corrected chi connectivity index (χ3v) is 1.32. The molecule has 1 rings (SSSR count). The van der Waals surface area contributed by atoms with Crippen molar-refractivity contribution in [2.45, 2.75) is 20.6 Å². The van der Waals surface area contributed by atoms with Crippen LogP contribution in [0, 0.1) is 30.7 Å². The fourth-order valence-corrected chi connectivity index (χ4v) is 0.740. The lowest BCUT2D eigenvalue weighted by molar-refractivity contribution is -0.909. The van der Waals surface area contributed by atoms with E-state index in [0.29, 0.717) is 0 Å². The number of hydrogen-bond donors (Lipinski definition) is 1. The van der Waals surface area contributed by atoms with Crippen LogP contribution in [-0.2, 0) is 0 Å². The van der Waals surface area contributed by atoms with Crippen LogP contribution in [0.1, 0.15) is 30.5 Å². The molecule has 1 N–H and O–H groups in total. The van der Waals surface area contributed by atoms with Crippen LogP contribution in [-0.4, -0.2) is 10.1 Å². The first-order valence-electron chi connectivity index (χ1n) is 7.99. The second-order valence-electron chi connectivity index (χ2n) is 2.13. The summed E-state index contributed by atoms with van der Waals surface area (Å²) in [6.07, 6.45) is -1.39. The van der Waals surface area contributed by atoms with Gasteiger partial charge in [0.25, 0.3) is 5.69 Å². The Morgan fingerprint density at radius 2 is 2.46 bits per heavy atom. The Morgan fingerprint density at radius 1 is 1.69 bits per heavy atom. The van der Waals surface area contributed by atoms with Crippen molar-refractivity contribution in [3.63, 3.8) is 0 Å². The van der Waals surface area contributed by atoms with Gasteiger partial charge in [-0.3, -0.25) is 15.3 Å². The van der Waals surface area contributed by atoms with Gasteiger partial charge >= 0.3 is 0 Å². The Labute approximate surface area is 89.4 Å². The molecule has 0 aromatic carbocycles. The predicted molar refractivity (Wildman–Crippen MR) is 44.7 cm³/mol. The minimum Gasteiger partial charge on any atom is -0.285 e. The molecular weight excluding hydrogens is 172 g/mol. The lowest BCUT2D eigenvalue weighted by Crippen LogP contribution is -2.35. The topological polar surface area (TPSA) is 67.2 Å². The zero-order chi connectivity index (χ0) is 18.5. The number of hydrogen-bond acceptors (Lipinski definition) is 3. The van der Waals surface area contributed by atoms with Crippen molar-refractivity contribution >= 4 is 5.69 Å². The van der Waals surface area contributed by atoms with E-state index in [1.54, 1.807) is 0 Å². The van der Waals surface area contributed by atoms with Crippen LogP contribution >= 0.6 is 0 Å². The lowest BCUT2D eigenvalue weighted by Gasteiger charge is -1.99. The highest BCUT2D eigenvalue weighted by Crippen LogP contribution is 2.22. The zero-order valence-electron chi connectivity index (χ0n) is 16.2. The van der Waals surface area contributed by atoms with Crippen molar-refractivity contribution < 1.29 is 28.6 Å². The maximum Gasteiger partial charge on any atom is 0.287 e. The molecule has 1 heterocycles. The van der Waals surface area contributed by atoms with Gasteiger partial charge in [0.05, 0.1) is 16.1 Å². The van der Waals surface area contributed by atoms with Gasteiger partial charge in [-0.15, -0.1) is 0 Å². The molecule has 0 aliphatic heterocycles. The summed E-state index contributed by atoms with van der Waals surface area (Å²) in [5, 5.41) is 21.0. The van der Waals surface area contributed by atoms with Crippen LogP contribution in [0.5, 0.6) is 0 Å². The van der Waals surface area contributed by atoms with Gasteiger partial charge in [0.2, 0.25) is 11.9 Å². The van der Waals surface area contributed by atoms with E-state index < -0.39 is 58.9 Å². The quantitative estimate of drug-likeness (QED) is 0.313. The van der Waals surface area contributed by atoms with Crippen LogP contribution < -0.4 is 4.73 Å². The van der Waals surface area contributed by atoms with Crippen molar-refractivity contribution in [2.24, 2.45) is 0 Å². The predicted octanol–water partition coefficient (Wildman–Crippen LogP) is 1.04. The monoisotopic (exact) mass is 193 g/mol. The Morgan fingerprint density at radius 3 is 2.92 bits per heavy atom. The molecule has 0 radical (unpaired) electrons. The molecule has 0 unspecified atom stereocenters. The fraction of sp³-hybridized carbons (Fsp3) is 0.375. The van der Waals surface area contributed by atoms with E-state index in [4.69, 9.17) is 13.7 Å². The number of pyridine rings is 1. The maximum absolute atomic E-state index is 11.2. The molecule has 0 saturated carbocycles.